The number of hydrogen-bond acceptors (Lipinski definition) is 3. The largest absolute Gasteiger partial charge is 0.433 e. The minimum absolute atomic E-state index is 0.107. The van der Waals surface area contributed by atoms with Crippen molar-refractivity contribution in [2.45, 2.75) is 13.2 Å². The van der Waals surface area contributed by atoms with E-state index < -0.39 is 6.61 Å². The highest BCUT2D eigenvalue weighted by Crippen LogP contribution is 2.27. The van der Waals surface area contributed by atoms with Crippen LogP contribution in [0.25, 0.3) is 0 Å². The van der Waals surface area contributed by atoms with E-state index in [0.29, 0.717) is 12.2 Å². The second kappa shape index (κ2) is 6.99. The minimum Gasteiger partial charge on any atom is -0.433 e. The molecule has 7 heteroatoms. The lowest BCUT2D eigenvalue weighted by Crippen LogP contribution is -2.07. The number of nitrogens with one attached hydrogen (secondary N) is 1. The summed E-state index contributed by atoms with van der Waals surface area (Å²) in [6.45, 7) is -2.47. The number of halogens is 4. The molecule has 1 aromatic carbocycles. The Morgan fingerprint density at radius 2 is 2.00 bits per heavy atom. The lowest BCUT2D eigenvalue weighted by Gasteiger charge is -2.12. The molecule has 0 atom stereocenters. The van der Waals surface area contributed by atoms with Crippen LogP contribution in [0, 0.1) is 0 Å². The van der Waals surface area contributed by atoms with Gasteiger partial charge in [-0.25, -0.2) is 0 Å². The monoisotopic (exact) mass is 406 g/mol. The van der Waals surface area contributed by atoms with Gasteiger partial charge in [-0.15, -0.1) is 0 Å². The molecule has 1 heterocycles. The van der Waals surface area contributed by atoms with E-state index in [2.05, 4.69) is 46.9 Å². The molecule has 0 fully saturated rings. The smallest absolute Gasteiger partial charge is 0.387 e. The number of hydrogen-bond donors (Lipinski definition) is 1. The second-order valence-corrected chi connectivity index (χ2v) is 5.58. The van der Waals surface area contributed by atoms with E-state index in [1.807, 2.05) is 6.07 Å². The van der Waals surface area contributed by atoms with Crippen molar-refractivity contribution in [3.8, 4) is 5.75 Å². The molecule has 0 aliphatic heterocycles. The third-order valence-electron chi connectivity index (χ3n) is 2.43. The van der Waals surface area contributed by atoms with Crippen molar-refractivity contribution in [1.82, 2.24) is 4.98 Å². The first-order valence-electron chi connectivity index (χ1n) is 5.64. The van der Waals surface area contributed by atoms with Crippen molar-refractivity contribution in [2.24, 2.45) is 0 Å². The summed E-state index contributed by atoms with van der Waals surface area (Å²) >= 11 is 6.71. The molecule has 3 nitrogen and oxygen atoms in total. The van der Waals surface area contributed by atoms with E-state index in [0.717, 1.165) is 14.6 Å². The summed E-state index contributed by atoms with van der Waals surface area (Å²) in [6, 6.07) is 8.40. The number of rotatable bonds is 5. The van der Waals surface area contributed by atoms with Gasteiger partial charge in [-0.3, -0.25) is 4.98 Å². The molecule has 0 saturated carbocycles. The molecule has 0 amide bonds. The van der Waals surface area contributed by atoms with Gasteiger partial charge in [-0.2, -0.15) is 8.78 Å². The average molecular weight is 408 g/mol. The Hall–Kier alpha value is -1.21. The molecule has 1 aromatic heterocycles. The van der Waals surface area contributed by atoms with E-state index in [1.54, 1.807) is 24.4 Å². The highest BCUT2D eigenvalue weighted by atomic mass is 79.9. The Balaban J connectivity index is 2.10. The maximum absolute atomic E-state index is 12.3. The van der Waals surface area contributed by atoms with Crippen molar-refractivity contribution < 1.29 is 13.5 Å². The predicted octanol–water partition coefficient (Wildman–Crippen LogP) is 4.82. The summed E-state index contributed by atoms with van der Waals surface area (Å²) in [5.74, 6) is 0.107. The number of anilines is 1. The van der Waals surface area contributed by atoms with Crippen molar-refractivity contribution >= 4 is 37.5 Å². The Kier molecular flexibility index (Phi) is 5.31. The van der Waals surface area contributed by atoms with Gasteiger partial charge in [0.25, 0.3) is 0 Å². The summed E-state index contributed by atoms with van der Waals surface area (Å²) in [4.78, 5) is 4.24. The maximum atomic E-state index is 12.3. The molecule has 0 spiro atoms. The molecule has 0 aliphatic rings. The van der Waals surface area contributed by atoms with Crippen molar-refractivity contribution in [3.05, 3.63) is 51.2 Å². The topological polar surface area (TPSA) is 34.1 Å². The molecule has 0 aliphatic carbocycles. The SMILES string of the molecule is FC(F)Oc1ccccc1NCc1ncc(Br)cc1Br. The van der Waals surface area contributed by atoms with Gasteiger partial charge in [0, 0.05) is 15.1 Å². The van der Waals surface area contributed by atoms with Gasteiger partial charge in [0.1, 0.15) is 5.75 Å². The number of pyridine rings is 1. The molecule has 0 radical (unpaired) electrons. The summed E-state index contributed by atoms with van der Waals surface area (Å²) in [7, 11) is 0. The fourth-order valence-electron chi connectivity index (χ4n) is 1.56. The van der Waals surface area contributed by atoms with Crippen LogP contribution in [0.1, 0.15) is 5.69 Å². The summed E-state index contributed by atoms with van der Waals surface area (Å²) in [6.07, 6.45) is 1.67. The highest BCUT2D eigenvalue weighted by molar-refractivity contribution is 9.11. The Labute approximate surface area is 131 Å². The lowest BCUT2D eigenvalue weighted by atomic mass is 10.2. The standard InChI is InChI=1S/C13H10Br2F2N2O/c14-8-5-9(15)11(18-6-8)7-19-10-3-1-2-4-12(10)20-13(16)17/h1-6,13,19H,7H2. The normalized spacial score (nSPS) is 10.7. The van der Waals surface area contributed by atoms with Gasteiger partial charge < -0.3 is 10.1 Å². The van der Waals surface area contributed by atoms with Gasteiger partial charge in [-0.05, 0) is 50.1 Å². The average Bonchev–Trinajstić information content (AvgIpc) is 2.39. The molecule has 0 saturated heterocycles. The third kappa shape index (κ3) is 4.14. The zero-order valence-corrected chi connectivity index (χ0v) is 13.3. The molecule has 2 rings (SSSR count). The van der Waals surface area contributed by atoms with E-state index in [9.17, 15) is 8.78 Å². The van der Waals surface area contributed by atoms with Gasteiger partial charge in [0.2, 0.25) is 0 Å². The van der Waals surface area contributed by atoms with Crippen LogP contribution in [0.2, 0.25) is 0 Å². The molecular weight excluding hydrogens is 398 g/mol. The fraction of sp³-hybridized carbons (Fsp3) is 0.154. The van der Waals surface area contributed by atoms with Gasteiger partial charge in [0.05, 0.1) is 17.9 Å². The Morgan fingerprint density at radius 1 is 1.25 bits per heavy atom. The summed E-state index contributed by atoms with van der Waals surface area (Å²) in [5.41, 5.74) is 1.25. The molecule has 0 bridgehead atoms. The maximum Gasteiger partial charge on any atom is 0.387 e. The number of alkyl halides is 2. The number of para-hydroxylation sites is 2. The molecule has 1 N–H and O–H groups in total. The summed E-state index contributed by atoms with van der Waals surface area (Å²) in [5, 5.41) is 3.03. The molecule has 20 heavy (non-hydrogen) atoms. The zero-order chi connectivity index (χ0) is 14.5. The molecule has 2 aromatic rings. The number of benzene rings is 1. The van der Waals surface area contributed by atoms with Crippen LogP contribution in [0.3, 0.4) is 0 Å². The van der Waals surface area contributed by atoms with Gasteiger partial charge >= 0.3 is 6.61 Å². The van der Waals surface area contributed by atoms with E-state index in [-0.39, 0.29) is 5.75 Å². The zero-order valence-electron chi connectivity index (χ0n) is 10.1. The summed E-state index contributed by atoms with van der Waals surface area (Å²) < 4.78 is 30.7. The highest BCUT2D eigenvalue weighted by Gasteiger charge is 2.09. The molecule has 0 unspecified atom stereocenters. The van der Waals surface area contributed by atoms with E-state index in [1.165, 1.54) is 6.07 Å². The number of nitrogens with zero attached hydrogens (tertiary/aromatic N) is 1. The fourth-order valence-corrected chi connectivity index (χ4v) is 2.69. The van der Waals surface area contributed by atoms with Crippen LogP contribution in [0.15, 0.2) is 45.5 Å². The first-order chi connectivity index (χ1) is 9.56. The second-order valence-electron chi connectivity index (χ2n) is 3.81. The quantitative estimate of drug-likeness (QED) is 0.771. The first kappa shape index (κ1) is 15.2. The van der Waals surface area contributed by atoms with Crippen LogP contribution >= 0.6 is 31.9 Å². The van der Waals surface area contributed by atoms with E-state index in [4.69, 9.17) is 0 Å². The Morgan fingerprint density at radius 3 is 2.70 bits per heavy atom. The van der Waals surface area contributed by atoms with E-state index >= 15 is 0 Å². The molecular formula is C13H10Br2F2N2O. The van der Waals surface area contributed by atoms with Crippen LogP contribution in [0.4, 0.5) is 14.5 Å². The van der Waals surface area contributed by atoms with Crippen LogP contribution in [0.5, 0.6) is 5.75 Å². The van der Waals surface area contributed by atoms with Crippen LogP contribution in [-0.2, 0) is 6.54 Å². The van der Waals surface area contributed by atoms with Crippen LogP contribution < -0.4 is 10.1 Å². The predicted molar refractivity (Wildman–Crippen MR) is 80.0 cm³/mol. The first-order valence-corrected chi connectivity index (χ1v) is 7.22. The lowest BCUT2D eigenvalue weighted by molar-refractivity contribution is -0.0493. The number of ether oxygens (including phenoxy) is 1. The van der Waals surface area contributed by atoms with Crippen molar-refractivity contribution in [2.75, 3.05) is 5.32 Å². The van der Waals surface area contributed by atoms with Crippen molar-refractivity contribution in [1.29, 1.82) is 0 Å². The third-order valence-corrected chi connectivity index (χ3v) is 3.55. The molecule has 106 valence electrons. The van der Waals surface area contributed by atoms with Crippen molar-refractivity contribution in [3.63, 3.8) is 0 Å². The minimum atomic E-state index is -2.85. The van der Waals surface area contributed by atoms with Gasteiger partial charge in [-0.1, -0.05) is 12.1 Å². The van der Waals surface area contributed by atoms with Crippen LogP contribution in [-0.4, -0.2) is 11.6 Å². The van der Waals surface area contributed by atoms with Gasteiger partial charge in [0.15, 0.2) is 0 Å². The number of aromatic nitrogens is 1. The Bertz CT molecular complexity index is 596.